The number of nitrogens with zero attached hydrogens (tertiary/aromatic N) is 2. The topological polar surface area (TPSA) is 58.4 Å². The second-order valence-electron chi connectivity index (χ2n) is 4.58. The van der Waals surface area contributed by atoms with Gasteiger partial charge in [0, 0.05) is 43.0 Å². The Hall–Kier alpha value is -1.62. The fourth-order valence-electron chi connectivity index (χ4n) is 2.15. The molecule has 1 aliphatic heterocycles. The van der Waals surface area contributed by atoms with Gasteiger partial charge in [0.1, 0.15) is 0 Å². The van der Waals surface area contributed by atoms with Gasteiger partial charge in [0.05, 0.1) is 4.92 Å². The number of rotatable bonds is 2. The van der Waals surface area contributed by atoms with Crippen LogP contribution in [0.3, 0.4) is 0 Å². The molecule has 0 bridgehead atoms. The van der Waals surface area contributed by atoms with Gasteiger partial charge in [-0.05, 0) is 26.0 Å². The Balaban J connectivity index is 2.18. The van der Waals surface area contributed by atoms with Crippen molar-refractivity contribution in [1.82, 2.24) is 5.32 Å². The lowest BCUT2D eigenvalue weighted by atomic mass is 10.1. The van der Waals surface area contributed by atoms with Crippen LogP contribution >= 0.6 is 0 Å². The third-order valence-corrected chi connectivity index (χ3v) is 3.16. The van der Waals surface area contributed by atoms with Gasteiger partial charge in [-0.1, -0.05) is 0 Å². The molecule has 1 aliphatic rings. The molecule has 5 heteroatoms. The molecule has 5 nitrogen and oxygen atoms in total. The first-order valence-electron chi connectivity index (χ1n) is 5.82. The van der Waals surface area contributed by atoms with Crippen molar-refractivity contribution in [2.75, 3.05) is 18.0 Å². The number of nitro groups is 1. The summed E-state index contributed by atoms with van der Waals surface area (Å²) < 4.78 is 0. The van der Waals surface area contributed by atoms with Crippen LogP contribution in [0.2, 0.25) is 0 Å². The van der Waals surface area contributed by atoms with E-state index in [2.05, 4.69) is 24.1 Å². The molecule has 1 N–H and O–H groups in total. The first-order chi connectivity index (χ1) is 8.08. The Kier molecular flexibility index (Phi) is 3.28. The molecule has 2 atom stereocenters. The largest absolute Gasteiger partial charge is 0.366 e. The van der Waals surface area contributed by atoms with E-state index in [9.17, 15) is 10.1 Å². The summed E-state index contributed by atoms with van der Waals surface area (Å²) in [6.45, 7) is 6.17. The highest BCUT2D eigenvalue weighted by molar-refractivity contribution is 5.52. The van der Waals surface area contributed by atoms with Gasteiger partial charge in [0.15, 0.2) is 0 Å². The normalized spacial score (nSPS) is 24.7. The van der Waals surface area contributed by atoms with Crippen molar-refractivity contribution in [3.8, 4) is 0 Å². The fraction of sp³-hybridized carbons (Fsp3) is 0.500. The molecule has 0 saturated carbocycles. The molecular formula is C12H17N3O2. The van der Waals surface area contributed by atoms with E-state index in [0.29, 0.717) is 12.1 Å². The summed E-state index contributed by atoms with van der Waals surface area (Å²) in [6.07, 6.45) is 0. The average Bonchev–Trinajstić information content (AvgIpc) is 2.32. The molecule has 0 unspecified atom stereocenters. The van der Waals surface area contributed by atoms with Crippen LogP contribution in [0, 0.1) is 10.1 Å². The minimum absolute atomic E-state index is 0.143. The SMILES string of the molecule is C[C@@H]1CN(c2ccc([N+](=O)[O-])cc2)[C@H](C)CN1. The Bertz CT molecular complexity index is 405. The molecule has 1 heterocycles. The number of nitrogens with one attached hydrogen (secondary N) is 1. The van der Waals surface area contributed by atoms with Gasteiger partial charge in [0.25, 0.3) is 5.69 Å². The van der Waals surface area contributed by atoms with E-state index in [0.717, 1.165) is 18.8 Å². The molecule has 1 fully saturated rings. The number of benzene rings is 1. The fourth-order valence-corrected chi connectivity index (χ4v) is 2.15. The van der Waals surface area contributed by atoms with Crippen LogP contribution in [0.5, 0.6) is 0 Å². The summed E-state index contributed by atoms with van der Waals surface area (Å²) in [7, 11) is 0. The summed E-state index contributed by atoms with van der Waals surface area (Å²) in [5.74, 6) is 0. The van der Waals surface area contributed by atoms with Crippen molar-refractivity contribution < 1.29 is 4.92 Å². The zero-order valence-corrected chi connectivity index (χ0v) is 10.1. The maximum Gasteiger partial charge on any atom is 0.269 e. The molecule has 0 spiro atoms. The molecule has 1 aromatic rings. The molecule has 2 rings (SSSR count). The van der Waals surface area contributed by atoms with Gasteiger partial charge >= 0.3 is 0 Å². The Morgan fingerprint density at radius 3 is 2.59 bits per heavy atom. The van der Waals surface area contributed by atoms with E-state index >= 15 is 0 Å². The first kappa shape index (κ1) is 11.9. The second-order valence-corrected chi connectivity index (χ2v) is 4.58. The van der Waals surface area contributed by atoms with Crippen LogP contribution in [0.4, 0.5) is 11.4 Å². The number of anilines is 1. The quantitative estimate of drug-likeness (QED) is 0.627. The number of hydrogen-bond donors (Lipinski definition) is 1. The lowest BCUT2D eigenvalue weighted by Gasteiger charge is -2.39. The Morgan fingerprint density at radius 1 is 1.35 bits per heavy atom. The molecule has 0 aliphatic carbocycles. The number of non-ortho nitro benzene ring substituents is 1. The van der Waals surface area contributed by atoms with E-state index in [1.807, 2.05) is 12.1 Å². The van der Waals surface area contributed by atoms with Crippen LogP contribution in [0.25, 0.3) is 0 Å². The molecule has 92 valence electrons. The van der Waals surface area contributed by atoms with Crippen LogP contribution < -0.4 is 10.2 Å². The molecule has 1 saturated heterocycles. The maximum absolute atomic E-state index is 10.6. The smallest absolute Gasteiger partial charge is 0.269 e. The van der Waals surface area contributed by atoms with Crippen molar-refractivity contribution in [1.29, 1.82) is 0 Å². The van der Waals surface area contributed by atoms with E-state index in [4.69, 9.17) is 0 Å². The van der Waals surface area contributed by atoms with Crippen molar-refractivity contribution >= 4 is 11.4 Å². The molecule has 0 amide bonds. The molecule has 17 heavy (non-hydrogen) atoms. The number of piperazine rings is 1. The lowest BCUT2D eigenvalue weighted by molar-refractivity contribution is -0.384. The maximum atomic E-state index is 10.6. The van der Waals surface area contributed by atoms with Crippen molar-refractivity contribution in [2.24, 2.45) is 0 Å². The second kappa shape index (κ2) is 4.71. The monoisotopic (exact) mass is 235 g/mol. The van der Waals surface area contributed by atoms with Crippen molar-refractivity contribution in [2.45, 2.75) is 25.9 Å². The molecule has 1 aromatic carbocycles. The zero-order chi connectivity index (χ0) is 12.4. The van der Waals surface area contributed by atoms with Crippen LogP contribution in [0.15, 0.2) is 24.3 Å². The van der Waals surface area contributed by atoms with Crippen molar-refractivity contribution in [3.63, 3.8) is 0 Å². The predicted octanol–water partition coefficient (Wildman–Crippen LogP) is 1.78. The summed E-state index contributed by atoms with van der Waals surface area (Å²) in [5.41, 5.74) is 1.20. The number of hydrogen-bond acceptors (Lipinski definition) is 4. The molecule has 0 radical (unpaired) electrons. The molecule has 0 aromatic heterocycles. The van der Waals surface area contributed by atoms with E-state index < -0.39 is 0 Å². The van der Waals surface area contributed by atoms with Crippen LogP contribution in [-0.4, -0.2) is 30.1 Å². The average molecular weight is 235 g/mol. The highest BCUT2D eigenvalue weighted by atomic mass is 16.6. The summed E-state index contributed by atoms with van der Waals surface area (Å²) in [6, 6.07) is 7.64. The Labute approximate surface area is 101 Å². The zero-order valence-electron chi connectivity index (χ0n) is 10.1. The van der Waals surface area contributed by atoms with E-state index in [1.54, 1.807) is 12.1 Å². The van der Waals surface area contributed by atoms with Crippen LogP contribution in [0.1, 0.15) is 13.8 Å². The van der Waals surface area contributed by atoms with Gasteiger partial charge in [-0.2, -0.15) is 0 Å². The summed E-state index contributed by atoms with van der Waals surface area (Å²) >= 11 is 0. The first-order valence-corrected chi connectivity index (χ1v) is 5.82. The van der Waals surface area contributed by atoms with Gasteiger partial charge in [0.2, 0.25) is 0 Å². The van der Waals surface area contributed by atoms with Crippen LogP contribution in [-0.2, 0) is 0 Å². The van der Waals surface area contributed by atoms with Gasteiger partial charge in [-0.25, -0.2) is 0 Å². The van der Waals surface area contributed by atoms with Gasteiger partial charge in [-0.15, -0.1) is 0 Å². The third kappa shape index (κ3) is 2.55. The van der Waals surface area contributed by atoms with Crippen molar-refractivity contribution in [3.05, 3.63) is 34.4 Å². The predicted molar refractivity (Wildman–Crippen MR) is 67.4 cm³/mol. The van der Waals surface area contributed by atoms with E-state index in [1.165, 1.54) is 0 Å². The van der Waals surface area contributed by atoms with Gasteiger partial charge < -0.3 is 10.2 Å². The van der Waals surface area contributed by atoms with Gasteiger partial charge in [-0.3, -0.25) is 10.1 Å². The third-order valence-electron chi connectivity index (χ3n) is 3.16. The molecular weight excluding hydrogens is 218 g/mol. The summed E-state index contributed by atoms with van der Waals surface area (Å²) in [5, 5.41) is 14.0. The minimum Gasteiger partial charge on any atom is -0.366 e. The number of nitro benzene ring substituents is 1. The Morgan fingerprint density at radius 2 is 2.00 bits per heavy atom. The minimum atomic E-state index is -0.367. The highest BCUT2D eigenvalue weighted by Gasteiger charge is 2.22. The summed E-state index contributed by atoms with van der Waals surface area (Å²) in [4.78, 5) is 12.5. The lowest BCUT2D eigenvalue weighted by Crippen LogP contribution is -2.54. The highest BCUT2D eigenvalue weighted by Crippen LogP contribution is 2.22. The standard InChI is InChI=1S/C12H17N3O2/c1-9-8-14(10(2)7-13-9)11-3-5-12(6-4-11)15(16)17/h3-6,9-10,13H,7-8H2,1-2H3/t9-,10-/m1/s1. The van der Waals surface area contributed by atoms with E-state index in [-0.39, 0.29) is 10.6 Å².